The number of nitrogens with zero attached hydrogens (tertiary/aromatic N) is 2. The third-order valence-electron chi connectivity index (χ3n) is 2.76. The van der Waals surface area contributed by atoms with E-state index in [0.29, 0.717) is 18.0 Å². The first-order chi connectivity index (χ1) is 6.62. The maximum atomic E-state index is 5.43. The molecule has 1 aliphatic carbocycles. The Labute approximate surface area is 83.9 Å². The van der Waals surface area contributed by atoms with Gasteiger partial charge in [0.05, 0.1) is 5.69 Å². The number of anilines is 1. The molecule has 1 aliphatic rings. The molecule has 1 aromatic heterocycles. The van der Waals surface area contributed by atoms with Crippen LogP contribution in [0.1, 0.15) is 26.0 Å². The third kappa shape index (κ3) is 1.85. The van der Waals surface area contributed by atoms with Gasteiger partial charge in [-0.05, 0) is 24.0 Å². The van der Waals surface area contributed by atoms with Crippen LogP contribution in [0.5, 0.6) is 0 Å². The Kier molecular flexibility index (Phi) is 2.15. The first-order valence-electron chi connectivity index (χ1n) is 4.91. The highest BCUT2D eigenvalue weighted by Crippen LogP contribution is 2.46. The summed E-state index contributed by atoms with van der Waals surface area (Å²) < 4.78 is 0. The molecule has 4 heteroatoms. The minimum absolute atomic E-state index is 0.411. The summed E-state index contributed by atoms with van der Waals surface area (Å²) in [4.78, 5) is 0. The van der Waals surface area contributed by atoms with E-state index in [9.17, 15) is 0 Å². The zero-order valence-electron chi connectivity index (χ0n) is 8.62. The van der Waals surface area contributed by atoms with Gasteiger partial charge < -0.3 is 11.1 Å². The van der Waals surface area contributed by atoms with Gasteiger partial charge in [-0.2, -0.15) is 5.10 Å². The van der Waals surface area contributed by atoms with Gasteiger partial charge in [-0.25, -0.2) is 0 Å². The molecule has 0 radical (unpaired) electrons. The van der Waals surface area contributed by atoms with Crippen LogP contribution in [0.15, 0.2) is 12.1 Å². The highest BCUT2D eigenvalue weighted by molar-refractivity contribution is 5.37. The van der Waals surface area contributed by atoms with E-state index in [1.165, 1.54) is 6.42 Å². The van der Waals surface area contributed by atoms with Crippen LogP contribution >= 0.6 is 0 Å². The summed E-state index contributed by atoms with van der Waals surface area (Å²) in [6.45, 7) is 4.93. The molecule has 0 saturated heterocycles. The van der Waals surface area contributed by atoms with Crippen LogP contribution < -0.4 is 11.1 Å². The highest BCUT2D eigenvalue weighted by Gasteiger charge is 2.45. The molecule has 14 heavy (non-hydrogen) atoms. The number of rotatable bonds is 3. The quantitative estimate of drug-likeness (QED) is 0.754. The first kappa shape index (κ1) is 9.40. The SMILES string of the molecule is CC1(C)CC1Nc1ccc(CN)nn1. The zero-order valence-corrected chi connectivity index (χ0v) is 8.62. The van der Waals surface area contributed by atoms with E-state index in [4.69, 9.17) is 5.73 Å². The molecule has 2 rings (SSSR count). The lowest BCUT2D eigenvalue weighted by molar-refractivity contribution is 0.629. The minimum atomic E-state index is 0.411. The van der Waals surface area contributed by atoms with Crippen LogP contribution in [-0.2, 0) is 6.54 Å². The lowest BCUT2D eigenvalue weighted by Crippen LogP contribution is -2.11. The van der Waals surface area contributed by atoms with E-state index in [2.05, 4.69) is 29.4 Å². The van der Waals surface area contributed by atoms with Gasteiger partial charge in [-0.1, -0.05) is 13.8 Å². The van der Waals surface area contributed by atoms with Crippen LogP contribution in [0.25, 0.3) is 0 Å². The van der Waals surface area contributed by atoms with Gasteiger partial charge in [0.2, 0.25) is 0 Å². The molecule has 1 fully saturated rings. The van der Waals surface area contributed by atoms with Crippen LogP contribution in [0.2, 0.25) is 0 Å². The first-order valence-corrected chi connectivity index (χ1v) is 4.91. The van der Waals surface area contributed by atoms with E-state index in [-0.39, 0.29) is 0 Å². The van der Waals surface area contributed by atoms with Gasteiger partial charge in [0, 0.05) is 12.6 Å². The van der Waals surface area contributed by atoms with Crippen molar-refractivity contribution in [2.45, 2.75) is 32.9 Å². The molecule has 0 bridgehead atoms. The summed E-state index contributed by atoms with van der Waals surface area (Å²) in [5, 5.41) is 11.4. The smallest absolute Gasteiger partial charge is 0.148 e. The number of hydrogen-bond acceptors (Lipinski definition) is 4. The van der Waals surface area contributed by atoms with E-state index in [1.54, 1.807) is 0 Å². The molecule has 0 amide bonds. The lowest BCUT2D eigenvalue weighted by atomic mass is 10.2. The second-order valence-corrected chi connectivity index (χ2v) is 4.50. The van der Waals surface area contributed by atoms with Crippen molar-refractivity contribution in [3.8, 4) is 0 Å². The molecule has 1 unspecified atom stereocenters. The molecule has 76 valence electrons. The summed E-state index contributed by atoms with van der Waals surface area (Å²) in [6.07, 6.45) is 1.20. The molecule has 0 aliphatic heterocycles. The lowest BCUT2D eigenvalue weighted by Gasteiger charge is -2.06. The molecule has 3 N–H and O–H groups in total. The fourth-order valence-corrected chi connectivity index (χ4v) is 1.44. The van der Waals surface area contributed by atoms with Crippen LogP contribution in [0.3, 0.4) is 0 Å². The fourth-order valence-electron chi connectivity index (χ4n) is 1.44. The summed E-state index contributed by atoms with van der Waals surface area (Å²) in [5.74, 6) is 0.845. The van der Waals surface area contributed by atoms with Crippen molar-refractivity contribution in [2.24, 2.45) is 11.1 Å². The van der Waals surface area contributed by atoms with Gasteiger partial charge in [0.25, 0.3) is 0 Å². The Balaban J connectivity index is 1.98. The van der Waals surface area contributed by atoms with Crippen LogP contribution in [-0.4, -0.2) is 16.2 Å². The molecule has 1 saturated carbocycles. The van der Waals surface area contributed by atoms with Crippen molar-refractivity contribution in [2.75, 3.05) is 5.32 Å². The zero-order chi connectivity index (χ0) is 10.2. The Bertz CT molecular complexity index is 317. The highest BCUT2D eigenvalue weighted by atomic mass is 15.2. The summed E-state index contributed by atoms with van der Waals surface area (Å²) in [5.41, 5.74) is 6.67. The Hall–Kier alpha value is -1.16. The van der Waals surface area contributed by atoms with Crippen molar-refractivity contribution < 1.29 is 0 Å². The van der Waals surface area contributed by atoms with Gasteiger partial charge in [-0.3, -0.25) is 0 Å². The third-order valence-corrected chi connectivity index (χ3v) is 2.76. The summed E-state index contributed by atoms with van der Waals surface area (Å²) in [6, 6.07) is 4.38. The van der Waals surface area contributed by atoms with Crippen molar-refractivity contribution >= 4 is 5.82 Å². The van der Waals surface area contributed by atoms with Crippen molar-refractivity contribution in [1.82, 2.24) is 10.2 Å². The average Bonchev–Trinajstić information content (AvgIpc) is 2.75. The second-order valence-electron chi connectivity index (χ2n) is 4.50. The standard InChI is InChI=1S/C10H16N4/c1-10(2)5-8(10)12-9-4-3-7(6-11)13-14-9/h3-4,8H,5-6,11H2,1-2H3,(H,12,14). The number of nitrogens with one attached hydrogen (secondary N) is 1. The van der Waals surface area contributed by atoms with Crippen LogP contribution in [0, 0.1) is 5.41 Å². The Morgan fingerprint density at radius 1 is 1.50 bits per heavy atom. The van der Waals surface area contributed by atoms with E-state index < -0.39 is 0 Å². The molecule has 1 heterocycles. The molecule has 1 aromatic rings. The number of hydrogen-bond donors (Lipinski definition) is 2. The van der Waals surface area contributed by atoms with Crippen molar-refractivity contribution in [1.29, 1.82) is 0 Å². The maximum absolute atomic E-state index is 5.43. The van der Waals surface area contributed by atoms with Crippen LogP contribution in [0.4, 0.5) is 5.82 Å². The summed E-state index contributed by atoms with van der Waals surface area (Å²) >= 11 is 0. The predicted octanol–water partition coefficient (Wildman–Crippen LogP) is 1.15. The molecular formula is C10H16N4. The van der Waals surface area contributed by atoms with Gasteiger partial charge in [0.15, 0.2) is 0 Å². The van der Waals surface area contributed by atoms with Gasteiger partial charge in [-0.15, -0.1) is 5.10 Å². The topological polar surface area (TPSA) is 63.8 Å². The molecular weight excluding hydrogens is 176 g/mol. The van der Waals surface area contributed by atoms with Gasteiger partial charge in [0.1, 0.15) is 5.82 Å². The van der Waals surface area contributed by atoms with E-state index in [1.807, 2.05) is 12.1 Å². The Morgan fingerprint density at radius 3 is 2.64 bits per heavy atom. The largest absolute Gasteiger partial charge is 0.365 e. The second kappa shape index (κ2) is 3.20. The van der Waals surface area contributed by atoms with Crippen molar-refractivity contribution in [3.63, 3.8) is 0 Å². The summed E-state index contributed by atoms with van der Waals surface area (Å²) in [7, 11) is 0. The van der Waals surface area contributed by atoms with Gasteiger partial charge >= 0.3 is 0 Å². The number of aromatic nitrogens is 2. The maximum Gasteiger partial charge on any atom is 0.148 e. The molecule has 0 aromatic carbocycles. The normalized spacial score (nSPS) is 23.2. The average molecular weight is 192 g/mol. The fraction of sp³-hybridized carbons (Fsp3) is 0.600. The van der Waals surface area contributed by atoms with E-state index in [0.717, 1.165) is 11.5 Å². The molecule has 4 nitrogen and oxygen atoms in total. The number of nitrogens with two attached hydrogens (primary N) is 1. The predicted molar refractivity (Wildman–Crippen MR) is 55.7 cm³/mol. The minimum Gasteiger partial charge on any atom is -0.365 e. The van der Waals surface area contributed by atoms with Crippen molar-refractivity contribution in [3.05, 3.63) is 17.8 Å². The monoisotopic (exact) mass is 192 g/mol. The molecule has 0 spiro atoms. The van der Waals surface area contributed by atoms with E-state index >= 15 is 0 Å². The molecule has 1 atom stereocenters. The Morgan fingerprint density at radius 2 is 2.21 bits per heavy atom.